The second-order valence-corrected chi connectivity index (χ2v) is 6.69. The number of amides is 1. The maximum Gasteiger partial charge on any atom is 0.245 e. The van der Waals surface area contributed by atoms with Gasteiger partial charge in [0.2, 0.25) is 5.91 Å². The van der Waals surface area contributed by atoms with E-state index >= 15 is 0 Å². The van der Waals surface area contributed by atoms with E-state index in [1.165, 1.54) is 12.1 Å². The van der Waals surface area contributed by atoms with Crippen molar-refractivity contribution >= 4 is 21.4 Å². The summed E-state index contributed by atoms with van der Waals surface area (Å²) in [7, 11) is -3.32. The normalized spacial score (nSPS) is 12.7. The molecule has 0 saturated heterocycles. The highest BCUT2D eigenvalue weighted by atomic mass is 32.2. The van der Waals surface area contributed by atoms with Crippen LogP contribution in [0.2, 0.25) is 0 Å². The molecule has 0 spiro atoms. The molecule has 2 rings (SSSR count). The SMILES string of the molecule is CS(=O)(=O)c1cccc(NC(=O)C(N)c2ccccc2)c1. The largest absolute Gasteiger partial charge is 0.324 e. The number of carbonyl (C=O) groups excluding carboxylic acids is 1. The Morgan fingerprint density at radius 3 is 2.38 bits per heavy atom. The molecule has 0 bridgehead atoms. The smallest absolute Gasteiger partial charge is 0.245 e. The molecule has 0 aliphatic carbocycles. The maximum atomic E-state index is 12.1. The fourth-order valence-electron chi connectivity index (χ4n) is 1.84. The number of anilines is 1. The number of hydrogen-bond acceptors (Lipinski definition) is 4. The molecule has 2 aromatic carbocycles. The molecule has 0 aliphatic heterocycles. The third kappa shape index (κ3) is 3.90. The molecule has 110 valence electrons. The highest BCUT2D eigenvalue weighted by Crippen LogP contribution is 2.17. The first-order valence-corrected chi connectivity index (χ1v) is 8.18. The monoisotopic (exact) mass is 304 g/mol. The van der Waals surface area contributed by atoms with Gasteiger partial charge in [-0.05, 0) is 23.8 Å². The second kappa shape index (κ2) is 6.07. The zero-order valence-corrected chi connectivity index (χ0v) is 12.3. The first kappa shape index (κ1) is 15.2. The summed E-state index contributed by atoms with van der Waals surface area (Å²) in [6.45, 7) is 0. The predicted molar refractivity (Wildman–Crippen MR) is 81.6 cm³/mol. The Bertz CT molecular complexity index is 743. The van der Waals surface area contributed by atoms with E-state index in [1.54, 1.807) is 36.4 Å². The Morgan fingerprint density at radius 2 is 1.76 bits per heavy atom. The second-order valence-electron chi connectivity index (χ2n) is 4.68. The van der Waals surface area contributed by atoms with Crippen molar-refractivity contribution in [3.05, 3.63) is 60.2 Å². The van der Waals surface area contributed by atoms with Gasteiger partial charge < -0.3 is 11.1 Å². The molecule has 0 aliphatic rings. The molecule has 1 unspecified atom stereocenters. The molecule has 0 heterocycles. The molecule has 0 aromatic heterocycles. The Hall–Kier alpha value is -2.18. The van der Waals surface area contributed by atoms with E-state index in [1.807, 2.05) is 6.07 Å². The third-order valence-corrected chi connectivity index (χ3v) is 4.08. The summed E-state index contributed by atoms with van der Waals surface area (Å²) in [5.41, 5.74) is 6.97. The Labute approximate surface area is 123 Å². The van der Waals surface area contributed by atoms with E-state index in [0.717, 1.165) is 6.26 Å². The molecule has 6 heteroatoms. The van der Waals surface area contributed by atoms with Crippen LogP contribution in [0, 0.1) is 0 Å². The van der Waals surface area contributed by atoms with Crippen LogP contribution in [0.25, 0.3) is 0 Å². The van der Waals surface area contributed by atoms with Crippen LogP contribution in [0.3, 0.4) is 0 Å². The first-order valence-electron chi connectivity index (χ1n) is 6.29. The summed E-state index contributed by atoms with van der Waals surface area (Å²) >= 11 is 0. The number of nitrogens with one attached hydrogen (secondary N) is 1. The Balaban J connectivity index is 2.17. The van der Waals surface area contributed by atoms with E-state index in [-0.39, 0.29) is 4.90 Å². The lowest BCUT2D eigenvalue weighted by atomic mass is 10.1. The lowest BCUT2D eigenvalue weighted by Gasteiger charge is -2.13. The van der Waals surface area contributed by atoms with Gasteiger partial charge in [-0.25, -0.2) is 8.42 Å². The molecule has 0 fully saturated rings. The van der Waals surface area contributed by atoms with Crippen LogP contribution in [-0.4, -0.2) is 20.6 Å². The van der Waals surface area contributed by atoms with Crippen molar-refractivity contribution in [1.29, 1.82) is 0 Å². The lowest BCUT2D eigenvalue weighted by Crippen LogP contribution is -2.27. The van der Waals surface area contributed by atoms with E-state index < -0.39 is 21.8 Å². The number of benzene rings is 2. The first-order chi connectivity index (χ1) is 9.88. The van der Waals surface area contributed by atoms with Crippen LogP contribution < -0.4 is 11.1 Å². The molecule has 0 saturated carbocycles. The average Bonchev–Trinajstić information content (AvgIpc) is 2.47. The molecule has 2 aromatic rings. The summed E-state index contributed by atoms with van der Waals surface area (Å²) in [5.74, 6) is -0.396. The van der Waals surface area contributed by atoms with Crippen molar-refractivity contribution < 1.29 is 13.2 Å². The lowest BCUT2D eigenvalue weighted by molar-refractivity contribution is -0.117. The number of rotatable bonds is 4. The van der Waals surface area contributed by atoms with Crippen LogP contribution in [0.15, 0.2) is 59.5 Å². The minimum absolute atomic E-state index is 0.147. The number of carbonyl (C=O) groups is 1. The fourth-order valence-corrected chi connectivity index (χ4v) is 2.50. The van der Waals surface area contributed by atoms with Crippen LogP contribution in [-0.2, 0) is 14.6 Å². The summed E-state index contributed by atoms with van der Waals surface area (Å²) in [4.78, 5) is 12.2. The summed E-state index contributed by atoms with van der Waals surface area (Å²) < 4.78 is 23.0. The van der Waals surface area contributed by atoms with E-state index in [2.05, 4.69) is 5.32 Å². The van der Waals surface area contributed by atoms with Crippen molar-refractivity contribution in [3.8, 4) is 0 Å². The van der Waals surface area contributed by atoms with Gasteiger partial charge in [0.25, 0.3) is 0 Å². The van der Waals surface area contributed by atoms with Crippen molar-refractivity contribution in [1.82, 2.24) is 0 Å². The maximum absolute atomic E-state index is 12.1. The summed E-state index contributed by atoms with van der Waals surface area (Å²) in [6.07, 6.45) is 1.11. The zero-order chi connectivity index (χ0) is 15.5. The highest BCUT2D eigenvalue weighted by molar-refractivity contribution is 7.90. The van der Waals surface area contributed by atoms with E-state index in [0.29, 0.717) is 11.3 Å². The summed E-state index contributed by atoms with van der Waals surface area (Å²) in [6, 6.07) is 14.2. The minimum Gasteiger partial charge on any atom is -0.324 e. The Kier molecular flexibility index (Phi) is 4.40. The zero-order valence-electron chi connectivity index (χ0n) is 11.5. The van der Waals surface area contributed by atoms with Crippen molar-refractivity contribution in [2.24, 2.45) is 5.73 Å². The fraction of sp³-hybridized carbons (Fsp3) is 0.133. The molecule has 21 heavy (non-hydrogen) atoms. The number of nitrogens with two attached hydrogens (primary N) is 1. The molecule has 5 nitrogen and oxygen atoms in total. The molecule has 1 amide bonds. The van der Waals surface area contributed by atoms with Gasteiger partial charge >= 0.3 is 0 Å². The van der Waals surface area contributed by atoms with Crippen LogP contribution in [0.4, 0.5) is 5.69 Å². The predicted octanol–water partition coefficient (Wildman–Crippen LogP) is 1.73. The molecule has 1 atom stereocenters. The van der Waals surface area contributed by atoms with Crippen LogP contribution >= 0.6 is 0 Å². The number of hydrogen-bond donors (Lipinski definition) is 2. The van der Waals surface area contributed by atoms with Crippen molar-refractivity contribution in [3.63, 3.8) is 0 Å². The quantitative estimate of drug-likeness (QED) is 0.900. The number of sulfone groups is 1. The molecule has 0 radical (unpaired) electrons. The molecular weight excluding hydrogens is 288 g/mol. The van der Waals surface area contributed by atoms with Gasteiger partial charge in [0.1, 0.15) is 6.04 Å². The van der Waals surface area contributed by atoms with Gasteiger partial charge in [0, 0.05) is 11.9 Å². The van der Waals surface area contributed by atoms with Crippen molar-refractivity contribution in [2.45, 2.75) is 10.9 Å². The minimum atomic E-state index is -3.32. The van der Waals surface area contributed by atoms with E-state index in [9.17, 15) is 13.2 Å². The highest BCUT2D eigenvalue weighted by Gasteiger charge is 2.16. The standard InChI is InChI=1S/C15H16N2O3S/c1-21(19,20)13-9-5-8-12(10-13)17-15(18)14(16)11-6-3-2-4-7-11/h2-10,14H,16H2,1H3,(H,17,18). The molecule has 3 N–H and O–H groups in total. The summed E-state index contributed by atoms with van der Waals surface area (Å²) in [5, 5.41) is 2.62. The van der Waals surface area contributed by atoms with Crippen LogP contribution in [0.5, 0.6) is 0 Å². The van der Waals surface area contributed by atoms with Gasteiger partial charge in [-0.15, -0.1) is 0 Å². The van der Waals surface area contributed by atoms with Gasteiger partial charge in [-0.1, -0.05) is 36.4 Å². The van der Waals surface area contributed by atoms with Crippen LogP contribution in [0.1, 0.15) is 11.6 Å². The van der Waals surface area contributed by atoms with Gasteiger partial charge in [0.05, 0.1) is 4.90 Å². The topological polar surface area (TPSA) is 89.3 Å². The van der Waals surface area contributed by atoms with Gasteiger partial charge in [0.15, 0.2) is 9.84 Å². The van der Waals surface area contributed by atoms with Gasteiger partial charge in [-0.2, -0.15) is 0 Å². The molecular formula is C15H16N2O3S. The third-order valence-electron chi connectivity index (χ3n) is 2.97. The van der Waals surface area contributed by atoms with Gasteiger partial charge in [-0.3, -0.25) is 4.79 Å². The average molecular weight is 304 g/mol. The van der Waals surface area contributed by atoms with E-state index in [4.69, 9.17) is 5.73 Å². The van der Waals surface area contributed by atoms with Crippen molar-refractivity contribution in [2.75, 3.05) is 11.6 Å². The Morgan fingerprint density at radius 1 is 1.10 bits per heavy atom.